The molecule has 1 aliphatic heterocycles. The Balaban J connectivity index is 1.88. The van der Waals surface area contributed by atoms with E-state index in [-0.39, 0.29) is 18.1 Å². The number of Topliss-reactive ketones (excluding diaryl/α,β-unsaturated/α-hetero) is 1. The van der Waals surface area contributed by atoms with Crippen LogP contribution in [0.4, 0.5) is 0 Å². The van der Waals surface area contributed by atoms with E-state index in [0.29, 0.717) is 6.54 Å². The number of benzene rings is 1. The van der Waals surface area contributed by atoms with Gasteiger partial charge in [0.15, 0.2) is 0 Å². The summed E-state index contributed by atoms with van der Waals surface area (Å²) in [7, 11) is 1.74. The molecule has 4 nitrogen and oxygen atoms in total. The summed E-state index contributed by atoms with van der Waals surface area (Å²) >= 11 is 0. The number of hydrogen-bond acceptors (Lipinski definition) is 3. The van der Waals surface area contributed by atoms with Gasteiger partial charge >= 0.3 is 0 Å². The number of fused-ring (bicyclic) bond motifs is 1. The number of nitrogens with zero attached hydrogens (tertiary/aromatic N) is 1. The van der Waals surface area contributed by atoms with Crippen molar-refractivity contribution in [1.29, 1.82) is 0 Å². The first kappa shape index (κ1) is 13.6. The summed E-state index contributed by atoms with van der Waals surface area (Å²) in [5.74, 6) is 0.772. The predicted octanol–water partition coefficient (Wildman–Crippen LogP) is 1.60. The molecule has 1 heterocycles. The van der Waals surface area contributed by atoms with Crippen molar-refractivity contribution in [2.24, 2.45) is 0 Å². The first-order valence-electron chi connectivity index (χ1n) is 6.54. The van der Waals surface area contributed by atoms with Crippen LogP contribution in [0.15, 0.2) is 18.2 Å². The van der Waals surface area contributed by atoms with Crippen molar-refractivity contribution in [3.05, 3.63) is 29.3 Å². The molecule has 19 heavy (non-hydrogen) atoms. The lowest BCUT2D eigenvalue weighted by Crippen LogP contribution is -2.30. The van der Waals surface area contributed by atoms with Crippen LogP contribution in [-0.4, -0.2) is 36.8 Å². The Labute approximate surface area is 113 Å². The van der Waals surface area contributed by atoms with E-state index in [2.05, 4.69) is 6.07 Å². The maximum absolute atomic E-state index is 11.6. The Morgan fingerprint density at radius 1 is 1.37 bits per heavy atom. The fourth-order valence-electron chi connectivity index (χ4n) is 2.16. The van der Waals surface area contributed by atoms with Gasteiger partial charge in [-0.1, -0.05) is 12.1 Å². The van der Waals surface area contributed by atoms with Gasteiger partial charge in [-0.3, -0.25) is 9.59 Å². The van der Waals surface area contributed by atoms with Gasteiger partial charge in [0, 0.05) is 20.0 Å². The highest BCUT2D eigenvalue weighted by molar-refractivity contribution is 5.96. The van der Waals surface area contributed by atoms with E-state index in [4.69, 9.17) is 4.74 Å². The molecular weight excluding hydrogens is 242 g/mol. The zero-order chi connectivity index (χ0) is 13.8. The van der Waals surface area contributed by atoms with Gasteiger partial charge in [-0.05, 0) is 30.5 Å². The van der Waals surface area contributed by atoms with E-state index in [0.717, 1.165) is 25.2 Å². The molecule has 0 spiro atoms. The quantitative estimate of drug-likeness (QED) is 0.756. The van der Waals surface area contributed by atoms with E-state index in [1.54, 1.807) is 11.9 Å². The molecule has 1 amide bonds. The maximum Gasteiger partial charge on any atom is 0.229 e. The molecule has 1 aromatic carbocycles. The van der Waals surface area contributed by atoms with Gasteiger partial charge in [-0.15, -0.1) is 0 Å². The fourth-order valence-corrected chi connectivity index (χ4v) is 2.16. The minimum Gasteiger partial charge on any atom is -0.493 e. The summed E-state index contributed by atoms with van der Waals surface area (Å²) in [5.41, 5.74) is 2.45. The molecule has 1 aliphatic rings. The van der Waals surface area contributed by atoms with E-state index in [1.165, 1.54) is 18.1 Å². The number of carbonyl (C=O) groups is 2. The summed E-state index contributed by atoms with van der Waals surface area (Å²) in [5, 5.41) is 0. The van der Waals surface area contributed by atoms with Crippen molar-refractivity contribution in [3.63, 3.8) is 0 Å². The second kappa shape index (κ2) is 5.87. The molecule has 1 aromatic rings. The Morgan fingerprint density at radius 3 is 2.89 bits per heavy atom. The standard InChI is InChI=1S/C15H19NO3/c1-11(17)9-15(18)16(2)7-5-12-3-4-14-13(10-12)6-8-19-14/h3-4,10H,5-9H2,1-2H3. The lowest BCUT2D eigenvalue weighted by atomic mass is 10.1. The molecule has 0 radical (unpaired) electrons. The van der Waals surface area contributed by atoms with E-state index < -0.39 is 0 Å². The number of hydrogen-bond donors (Lipinski definition) is 0. The summed E-state index contributed by atoms with van der Waals surface area (Å²) in [6, 6.07) is 6.17. The van der Waals surface area contributed by atoms with Crippen LogP contribution in [0.3, 0.4) is 0 Å². The summed E-state index contributed by atoms with van der Waals surface area (Å²) in [4.78, 5) is 24.2. The molecule has 0 fully saturated rings. The minimum absolute atomic E-state index is 0.00543. The van der Waals surface area contributed by atoms with Crippen LogP contribution in [0.2, 0.25) is 0 Å². The highest BCUT2D eigenvalue weighted by Gasteiger charge is 2.14. The van der Waals surface area contributed by atoms with E-state index in [1.807, 2.05) is 12.1 Å². The van der Waals surface area contributed by atoms with Crippen molar-refractivity contribution >= 4 is 11.7 Å². The second-order valence-corrected chi connectivity index (χ2v) is 4.98. The highest BCUT2D eigenvalue weighted by atomic mass is 16.5. The summed E-state index contributed by atoms with van der Waals surface area (Å²) in [6.45, 7) is 2.83. The average molecular weight is 261 g/mol. The topological polar surface area (TPSA) is 46.6 Å². The zero-order valence-electron chi connectivity index (χ0n) is 11.4. The molecule has 0 unspecified atom stereocenters. The molecule has 0 N–H and O–H groups in total. The lowest BCUT2D eigenvalue weighted by Gasteiger charge is -2.16. The number of ether oxygens (including phenoxy) is 1. The van der Waals surface area contributed by atoms with Crippen molar-refractivity contribution < 1.29 is 14.3 Å². The highest BCUT2D eigenvalue weighted by Crippen LogP contribution is 2.25. The molecule has 0 aliphatic carbocycles. The number of carbonyl (C=O) groups excluding carboxylic acids is 2. The van der Waals surface area contributed by atoms with Crippen molar-refractivity contribution in [2.45, 2.75) is 26.2 Å². The summed E-state index contributed by atoms with van der Waals surface area (Å²) < 4.78 is 5.46. The number of amides is 1. The molecular formula is C15H19NO3. The van der Waals surface area contributed by atoms with Crippen LogP contribution >= 0.6 is 0 Å². The third kappa shape index (κ3) is 3.56. The number of likely N-dealkylation sites (N-methyl/N-ethyl adjacent to an activating group) is 1. The molecule has 0 saturated carbocycles. The zero-order valence-corrected chi connectivity index (χ0v) is 11.4. The molecule has 0 saturated heterocycles. The molecule has 102 valence electrons. The van der Waals surface area contributed by atoms with Gasteiger partial charge in [0.25, 0.3) is 0 Å². The molecule has 0 bridgehead atoms. The number of rotatable bonds is 5. The largest absolute Gasteiger partial charge is 0.493 e. The number of ketones is 1. The van der Waals surface area contributed by atoms with Crippen LogP contribution in [0.25, 0.3) is 0 Å². The Kier molecular flexibility index (Phi) is 4.20. The molecule has 0 atom stereocenters. The van der Waals surface area contributed by atoms with Gasteiger partial charge in [-0.2, -0.15) is 0 Å². The van der Waals surface area contributed by atoms with Crippen LogP contribution in [0.1, 0.15) is 24.5 Å². The average Bonchev–Trinajstić information content (AvgIpc) is 2.82. The first-order chi connectivity index (χ1) is 9.06. The van der Waals surface area contributed by atoms with E-state index in [9.17, 15) is 9.59 Å². The van der Waals surface area contributed by atoms with Crippen molar-refractivity contribution in [1.82, 2.24) is 4.90 Å². The third-order valence-electron chi connectivity index (χ3n) is 3.32. The van der Waals surface area contributed by atoms with Gasteiger partial charge in [0.1, 0.15) is 11.5 Å². The lowest BCUT2D eigenvalue weighted by molar-refractivity contribution is -0.133. The molecule has 0 aromatic heterocycles. The van der Waals surface area contributed by atoms with Crippen molar-refractivity contribution in [3.8, 4) is 5.75 Å². The third-order valence-corrected chi connectivity index (χ3v) is 3.32. The Hall–Kier alpha value is -1.84. The fraction of sp³-hybridized carbons (Fsp3) is 0.467. The monoisotopic (exact) mass is 261 g/mol. The Bertz CT molecular complexity index is 496. The predicted molar refractivity (Wildman–Crippen MR) is 72.3 cm³/mol. The van der Waals surface area contributed by atoms with E-state index >= 15 is 0 Å². The van der Waals surface area contributed by atoms with Crippen LogP contribution in [0, 0.1) is 0 Å². The normalized spacial score (nSPS) is 12.7. The van der Waals surface area contributed by atoms with Crippen LogP contribution < -0.4 is 4.74 Å². The molecule has 2 rings (SSSR count). The SMILES string of the molecule is CC(=O)CC(=O)N(C)CCc1ccc2c(c1)CCO2. The van der Waals surface area contributed by atoms with Crippen LogP contribution in [0.5, 0.6) is 5.75 Å². The van der Waals surface area contributed by atoms with Crippen LogP contribution in [-0.2, 0) is 22.4 Å². The first-order valence-corrected chi connectivity index (χ1v) is 6.54. The van der Waals surface area contributed by atoms with Gasteiger partial charge in [0.05, 0.1) is 13.0 Å². The molecule has 4 heteroatoms. The smallest absolute Gasteiger partial charge is 0.229 e. The van der Waals surface area contributed by atoms with Crippen molar-refractivity contribution in [2.75, 3.05) is 20.2 Å². The van der Waals surface area contributed by atoms with Gasteiger partial charge < -0.3 is 9.64 Å². The second-order valence-electron chi connectivity index (χ2n) is 4.98. The van der Waals surface area contributed by atoms with Gasteiger partial charge in [0.2, 0.25) is 5.91 Å². The maximum atomic E-state index is 11.6. The van der Waals surface area contributed by atoms with Gasteiger partial charge in [-0.25, -0.2) is 0 Å². The summed E-state index contributed by atoms with van der Waals surface area (Å²) in [6.07, 6.45) is 1.75. The Morgan fingerprint density at radius 2 is 2.16 bits per heavy atom. The minimum atomic E-state index is -0.114.